The van der Waals surface area contributed by atoms with Crippen LogP contribution < -0.4 is 0 Å². The van der Waals surface area contributed by atoms with Gasteiger partial charge in [0.15, 0.2) is 0 Å². The molecule has 1 aliphatic rings. The van der Waals surface area contributed by atoms with Crippen LogP contribution in [0.1, 0.15) is 40.5 Å². The Hall–Kier alpha value is -0.620. The van der Waals surface area contributed by atoms with Crippen LogP contribution in [0.3, 0.4) is 0 Å². The van der Waals surface area contributed by atoms with Crippen molar-refractivity contribution >= 4 is 16.0 Å². The van der Waals surface area contributed by atoms with Gasteiger partial charge in [-0.15, -0.1) is 0 Å². The van der Waals surface area contributed by atoms with Crippen molar-refractivity contribution in [1.82, 2.24) is 4.31 Å². The molecular weight excluding hydrogens is 254 g/mol. The summed E-state index contributed by atoms with van der Waals surface area (Å²) in [5, 5.41) is 9.14. The molecule has 6 heteroatoms. The standard InChI is InChI=1S/C12H23NO4S/c1-9-5-7-13(10(9)11(14)15)18(16,17)8-6-12(2,3)4/h9-10H,5-8H2,1-4H3,(H,14,15). The minimum atomic E-state index is -3.47. The summed E-state index contributed by atoms with van der Waals surface area (Å²) >= 11 is 0. The second-order valence-corrected chi connectivity index (χ2v) is 8.33. The van der Waals surface area contributed by atoms with Crippen molar-refractivity contribution < 1.29 is 18.3 Å². The molecule has 0 aromatic carbocycles. The van der Waals surface area contributed by atoms with E-state index in [-0.39, 0.29) is 17.1 Å². The zero-order chi connectivity index (χ0) is 14.1. The molecule has 1 aliphatic heterocycles. The molecule has 0 bridgehead atoms. The highest BCUT2D eigenvalue weighted by Gasteiger charge is 2.43. The van der Waals surface area contributed by atoms with E-state index in [1.807, 2.05) is 20.8 Å². The van der Waals surface area contributed by atoms with Crippen LogP contribution in [0, 0.1) is 11.3 Å². The summed E-state index contributed by atoms with van der Waals surface area (Å²) in [4.78, 5) is 11.2. The quantitative estimate of drug-likeness (QED) is 0.846. The van der Waals surface area contributed by atoms with Gasteiger partial charge in [0.05, 0.1) is 5.75 Å². The van der Waals surface area contributed by atoms with Crippen LogP contribution in [-0.4, -0.2) is 42.1 Å². The van der Waals surface area contributed by atoms with Crippen LogP contribution in [0.4, 0.5) is 0 Å². The molecule has 1 fully saturated rings. The highest BCUT2D eigenvalue weighted by atomic mass is 32.2. The molecule has 18 heavy (non-hydrogen) atoms. The third kappa shape index (κ3) is 3.68. The van der Waals surface area contributed by atoms with E-state index in [1.165, 1.54) is 4.31 Å². The number of carboxylic acids is 1. The summed E-state index contributed by atoms with van der Waals surface area (Å²) in [6.07, 6.45) is 1.15. The SMILES string of the molecule is CC1CCN(S(=O)(=O)CCC(C)(C)C)C1C(=O)O. The Bertz CT molecular complexity index is 410. The first-order valence-electron chi connectivity index (χ1n) is 6.27. The first kappa shape index (κ1) is 15.4. The number of nitrogens with zero attached hydrogens (tertiary/aromatic N) is 1. The lowest BCUT2D eigenvalue weighted by Crippen LogP contribution is -2.44. The van der Waals surface area contributed by atoms with Gasteiger partial charge in [-0.2, -0.15) is 4.31 Å². The number of carbonyl (C=O) groups is 1. The van der Waals surface area contributed by atoms with Crippen molar-refractivity contribution in [2.45, 2.75) is 46.6 Å². The summed E-state index contributed by atoms with van der Waals surface area (Å²) in [5.74, 6) is -1.14. The third-order valence-electron chi connectivity index (χ3n) is 3.37. The van der Waals surface area contributed by atoms with Gasteiger partial charge in [0.2, 0.25) is 10.0 Å². The minimum Gasteiger partial charge on any atom is -0.480 e. The highest BCUT2D eigenvalue weighted by Crippen LogP contribution is 2.29. The number of sulfonamides is 1. The Labute approximate surface area is 109 Å². The molecular formula is C12H23NO4S. The van der Waals surface area contributed by atoms with Gasteiger partial charge in [-0.05, 0) is 24.2 Å². The lowest BCUT2D eigenvalue weighted by atomic mass is 9.94. The summed E-state index contributed by atoms with van der Waals surface area (Å²) in [6, 6.07) is -0.894. The number of aliphatic carboxylic acids is 1. The first-order valence-corrected chi connectivity index (χ1v) is 7.88. The summed E-state index contributed by atoms with van der Waals surface area (Å²) in [5.41, 5.74) is -0.0723. The molecule has 0 aromatic rings. The van der Waals surface area contributed by atoms with Crippen LogP contribution >= 0.6 is 0 Å². The maximum Gasteiger partial charge on any atom is 0.322 e. The van der Waals surface area contributed by atoms with E-state index in [1.54, 1.807) is 6.92 Å². The van der Waals surface area contributed by atoms with Crippen molar-refractivity contribution in [3.63, 3.8) is 0 Å². The van der Waals surface area contributed by atoms with Gasteiger partial charge in [-0.25, -0.2) is 8.42 Å². The van der Waals surface area contributed by atoms with Crippen LogP contribution in [0.2, 0.25) is 0 Å². The monoisotopic (exact) mass is 277 g/mol. The third-order valence-corrected chi connectivity index (χ3v) is 5.22. The first-order chi connectivity index (χ1) is 8.04. The number of hydrogen-bond donors (Lipinski definition) is 1. The molecule has 0 aliphatic carbocycles. The van der Waals surface area contributed by atoms with Gasteiger partial charge in [0.25, 0.3) is 0 Å². The van der Waals surface area contributed by atoms with Gasteiger partial charge >= 0.3 is 5.97 Å². The summed E-state index contributed by atoms with van der Waals surface area (Å²) in [7, 11) is -3.47. The van der Waals surface area contributed by atoms with E-state index >= 15 is 0 Å². The van der Waals surface area contributed by atoms with Gasteiger partial charge in [0.1, 0.15) is 6.04 Å². The van der Waals surface area contributed by atoms with E-state index in [0.717, 1.165) is 0 Å². The van der Waals surface area contributed by atoms with Crippen molar-refractivity contribution in [3.05, 3.63) is 0 Å². The molecule has 0 spiro atoms. The van der Waals surface area contributed by atoms with Gasteiger partial charge in [-0.3, -0.25) is 4.79 Å². The van der Waals surface area contributed by atoms with Gasteiger partial charge < -0.3 is 5.11 Å². The molecule has 2 atom stereocenters. The normalized spacial score (nSPS) is 26.4. The zero-order valence-corrected chi connectivity index (χ0v) is 12.3. The second-order valence-electron chi connectivity index (χ2n) is 6.29. The average molecular weight is 277 g/mol. The Balaban J connectivity index is 2.82. The molecule has 1 rings (SSSR count). The topological polar surface area (TPSA) is 74.7 Å². The molecule has 0 aromatic heterocycles. The lowest BCUT2D eigenvalue weighted by Gasteiger charge is -2.25. The fraction of sp³-hybridized carbons (Fsp3) is 0.917. The zero-order valence-electron chi connectivity index (χ0n) is 11.5. The van der Waals surface area contributed by atoms with Crippen molar-refractivity contribution in [2.75, 3.05) is 12.3 Å². The Morgan fingerprint density at radius 3 is 2.39 bits per heavy atom. The molecule has 0 radical (unpaired) electrons. The molecule has 0 amide bonds. The average Bonchev–Trinajstić information content (AvgIpc) is 2.57. The fourth-order valence-electron chi connectivity index (χ4n) is 2.14. The molecule has 106 valence electrons. The Kier molecular flexibility index (Phi) is 4.43. The largest absolute Gasteiger partial charge is 0.480 e. The number of carboxylic acid groups (broad SMARTS) is 1. The van der Waals surface area contributed by atoms with E-state index in [2.05, 4.69) is 0 Å². The summed E-state index contributed by atoms with van der Waals surface area (Å²) < 4.78 is 25.6. The van der Waals surface area contributed by atoms with E-state index in [0.29, 0.717) is 19.4 Å². The molecule has 1 saturated heterocycles. The summed E-state index contributed by atoms with van der Waals surface area (Å²) in [6.45, 7) is 8.04. The van der Waals surface area contributed by atoms with Crippen LogP contribution in [-0.2, 0) is 14.8 Å². The van der Waals surface area contributed by atoms with Crippen LogP contribution in [0.25, 0.3) is 0 Å². The molecule has 5 nitrogen and oxygen atoms in total. The van der Waals surface area contributed by atoms with E-state index < -0.39 is 22.0 Å². The van der Waals surface area contributed by atoms with Crippen LogP contribution in [0.15, 0.2) is 0 Å². The minimum absolute atomic E-state index is 0.0208. The van der Waals surface area contributed by atoms with Crippen molar-refractivity contribution in [1.29, 1.82) is 0 Å². The predicted octanol–water partition coefficient (Wildman–Crippen LogP) is 1.55. The fourth-order valence-corrected chi connectivity index (χ4v) is 4.28. The Morgan fingerprint density at radius 2 is 1.94 bits per heavy atom. The maximum atomic E-state index is 12.2. The smallest absolute Gasteiger partial charge is 0.322 e. The molecule has 2 unspecified atom stereocenters. The predicted molar refractivity (Wildman–Crippen MR) is 69.8 cm³/mol. The van der Waals surface area contributed by atoms with Crippen LogP contribution in [0.5, 0.6) is 0 Å². The van der Waals surface area contributed by atoms with Gasteiger partial charge in [-0.1, -0.05) is 27.7 Å². The van der Waals surface area contributed by atoms with Gasteiger partial charge in [0, 0.05) is 6.54 Å². The van der Waals surface area contributed by atoms with E-state index in [4.69, 9.17) is 5.11 Å². The van der Waals surface area contributed by atoms with E-state index in [9.17, 15) is 13.2 Å². The number of hydrogen-bond acceptors (Lipinski definition) is 3. The Morgan fingerprint density at radius 1 is 1.39 bits per heavy atom. The van der Waals surface area contributed by atoms with Crippen molar-refractivity contribution in [2.24, 2.45) is 11.3 Å². The molecule has 1 heterocycles. The molecule has 0 saturated carbocycles. The molecule has 1 N–H and O–H groups in total. The second kappa shape index (κ2) is 5.17. The van der Waals surface area contributed by atoms with Crippen molar-refractivity contribution in [3.8, 4) is 0 Å². The number of rotatable bonds is 4. The lowest BCUT2D eigenvalue weighted by molar-refractivity contribution is -0.141. The maximum absolute atomic E-state index is 12.2. The highest BCUT2D eigenvalue weighted by molar-refractivity contribution is 7.89.